The molecule has 0 saturated carbocycles. The predicted octanol–water partition coefficient (Wildman–Crippen LogP) is 4.98. The Kier molecular flexibility index (Phi) is 6.37. The van der Waals surface area contributed by atoms with E-state index in [1.54, 1.807) is 43.3 Å². The molecule has 0 saturated heterocycles. The van der Waals surface area contributed by atoms with Crippen LogP contribution in [0.1, 0.15) is 35.5 Å². The highest BCUT2D eigenvalue weighted by Gasteiger charge is 2.35. The molecule has 0 N–H and O–H groups in total. The number of amides is 2. The molecule has 0 fully saturated rings. The van der Waals surface area contributed by atoms with Gasteiger partial charge < -0.3 is 4.42 Å². The van der Waals surface area contributed by atoms with Crippen LogP contribution in [0.2, 0.25) is 0 Å². The molecular formula is C28H22N2O4. The van der Waals surface area contributed by atoms with Crippen molar-refractivity contribution in [3.05, 3.63) is 100 Å². The van der Waals surface area contributed by atoms with Gasteiger partial charge in [-0.25, -0.2) is 0 Å². The summed E-state index contributed by atoms with van der Waals surface area (Å²) in [6.07, 6.45) is 2.04. The molecule has 1 aliphatic rings. The van der Waals surface area contributed by atoms with Crippen LogP contribution in [0.25, 0.3) is 17.4 Å². The van der Waals surface area contributed by atoms with E-state index in [2.05, 4.69) is 0 Å². The summed E-state index contributed by atoms with van der Waals surface area (Å²) in [7, 11) is 0. The maximum absolute atomic E-state index is 13.2. The van der Waals surface area contributed by atoms with Gasteiger partial charge in [0.2, 0.25) is 0 Å². The lowest BCUT2D eigenvalue weighted by Crippen LogP contribution is -2.43. The topological polar surface area (TPSA) is 91.4 Å². The molecule has 0 spiro atoms. The third-order valence-corrected chi connectivity index (χ3v) is 5.76. The lowest BCUT2D eigenvalue weighted by Gasteiger charge is -2.27. The van der Waals surface area contributed by atoms with Crippen LogP contribution in [0.5, 0.6) is 0 Å². The van der Waals surface area contributed by atoms with E-state index in [-0.39, 0.29) is 23.5 Å². The number of imide groups is 1. The summed E-state index contributed by atoms with van der Waals surface area (Å²) in [6, 6.07) is 22.0. The number of ketones is 1. The van der Waals surface area contributed by atoms with Crippen molar-refractivity contribution in [3.63, 3.8) is 0 Å². The monoisotopic (exact) mass is 450 g/mol. The number of Topliss-reactive ketones (excluding diaryl/α,β-unsaturated/α-hetero) is 1. The van der Waals surface area contributed by atoms with E-state index in [4.69, 9.17) is 4.42 Å². The van der Waals surface area contributed by atoms with E-state index in [9.17, 15) is 19.6 Å². The zero-order valence-electron chi connectivity index (χ0n) is 18.9. The van der Waals surface area contributed by atoms with Gasteiger partial charge in [0.05, 0.1) is 0 Å². The highest BCUT2D eigenvalue weighted by atomic mass is 16.3. The first-order valence-electron chi connectivity index (χ1n) is 10.8. The number of carbonyl (C=O) groups is 3. The van der Waals surface area contributed by atoms with Crippen molar-refractivity contribution in [2.45, 2.75) is 20.3 Å². The van der Waals surface area contributed by atoms with E-state index in [0.29, 0.717) is 29.1 Å². The summed E-state index contributed by atoms with van der Waals surface area (Å²) in [5.41, 5.74) is 2.80. The molecule has 4 rings (SSSR count). The van der Waals surface area contributed by atoms with Gasteiger partial charge in [-0.1, -0.05) is 48.5 Å². The van der Waals surface area contributed by atoms with Gasteiger partial charge in [-0.3, -0.25) is 19.3 Å². The van der Waals surface area contributed by atoms with Crippen LogP contribution in [-0.2, 0) is 16.0 Å². The van der Waals surface area contributed by atoms with Gasteiger partial charge in [0.25, 0.3) is 11.8 Å². The largest absolute Gasteiger partial charge is 0.457 e. The standard InChI is InChI=1S/C28H22N2O4/c1-18-24(16-23-11-12-26(34-23)22-10-6-9-21(15-22)19(2)31)27(32)30(28(33)25(18)17-29)14-13-20-7-4-3-5-8-20/h3-12,15-16H,13-14H2,1-2H3/b24-16+. The lowest BCUT2D eigenvalue weighted by molar-refractivity contribution is -0.140. The summed E-state index contributed by atoms with van der Waals surface area (Å²) in [5, 5.41) is 9.58. The molecule has 0 bridgehead atoms. The maximum atomic E-state index is 13.2. The second kappa shape index (κ2) is 9.55. The first-order valence-corrected chi connectivity index (χ1v) is 10.8. The first kappa shape index (κ1) is 22.7. The van der Waals surface area contributed by atoms with Crippen molar-refractivity contribution in [1.29, 1.82) is 5.26 Å². The number of nitriles is 1. The highest BCUT2D eigenvalue weighted by Crippen LogP contribution is 2.29. The molecule has 2 aromatic carbocycles. The van der Waals surface area contributed by atoms with Crippen LogP contribution in [0.15, 0.2) is 87.9 Å². The third-order valence-electron chi connectivity index (χ3n) is 5.76. The maximum Gasteiger partial charge on any atom is 0.271 e. The summed E-state index contributed by atoms with van der Waals surface area (Å²) in [6.45, 7) is 3.26. The molecule has 6 nitrogen and oxygen atoms in total. The predicted molar refractivity (Wildman–Crippen MR) is 127 cm³/mol. The number of rotatable bonds is 6. The molecule has 2 amide bonds. The Hall–Kier alpha value is -4.50. The molecule has 0 unspecified atom stereocenters. The summed E-state index contributed by atoms with van der Waals surface area (Å²) >= 11 is 0. The fourth-order valence-electron chi connectivity index (χ4n) is 3.84. The molecule has 6 heteroatoms. The van der Waals surface area contributed by atoms with Crippen LogP contribution in [0.3, 0.4) is 0 Å². The van der Waals surface area contributed by atoms with E-state index < -0.39 is 11.8 Å². The minimum atomic E-state index is -0.584. The van der Waals surface area contributed by atoms with E-state index >= 15 is 0 Å². The van der Waals surface area contributed by atoms with E-state index in [1.807, 2.05) is 42.5 Å². The van der Waals surface area contributed by atoms with Crippen LogP contribution in [-0.4, -0.2) is 29.0 Å². The van der Waals surface area contributed by atoms with Crippen molar-refractivity contribution < 1.29 is 18.8 Å². The van der Waals surface area contributed by atoms with Crippen molar-refractivity contribution in [1.82, 2.24) is 4.90 Å². The fourth-order valence-corrected chi connectivity index (χ4v) is 3.84. The van der Waals surface area contributed by atoms with Gasteiger partial charge in [-0.15, -0.1) is 0 Å². The second-order valence-electron chi connectivity index (χ2n) is 8.01. The third kappa shape index (κ3) is 4.50. The zero-order chi connectivity index (χ0) is 24.2. The van der Waals surface area contributed by atoms with Gasteiger partial charge in [-0.2, -0.15) is 5.26 Å². The Morgan fingerprint density at radius 2 is 1.79 bits per heavy atom. The molecule has 2 heterocycles. The van der Waals surface area contributed by atoms with Crippen molar-refractivity contribution >= 4 is 23.7 Å². The Morgan fingerprint density at radius 1 is 1.03 bits per heavy atom. The average molecular weight is 450 g/mol. The van der Waals surface area contributed by atoms with Crippen LogP contribution >= 0.6 is 0 Å². The number of carbonyl (C=O) groups excluding carboxylic acids is 3. The number of nitrogens with zero attached hydrogens (tertiary/aromatic N) is 2. The Balaban J connectivity index is 1.65. The Bertz CT molecular complexity index is 1390. The lowest BCUT2D eigenvalue weighted by atomic mass is 9.94. The molecule has 1 aromatic heterocycles. The number of hydrogen-bond acceptors (Lipinski definition) is 5. The molecule has 1 aliphatic heterocycles. The van der Waals surface area contributed by atoms with Crippen molar-refractivity contribution in [2.75, 3.05) is 6.54 Å². The average Bonchev–Trinajstić information content (AvgIpc) is 3.31. The molecule has 0 aliphatic carbocycles. The summed E-state index contributed by atoms with van der Waals surface area (Å²) in [4.78, 5) is 38.9. The van der Waals surface area contributed by atoms with Crippen LogP contribution in [0.4, 0.5) is 0 Å². The minimum Gasteiger partial charge on any atom is -0.457 e. The minimum absolute atomic E-state index is 0.0476. The smallest absolute Gasteiger partial charge is 0.271 e. The summed E-state index contributed by atoms with van der Waals surface area (Å²) < 4.78 is 5.92. The Morgan fingerprint density at radius 3 is 2.50 bits per heavy atom. The van der Waals surface area contributed by atoms with E-state index in [0.717, 1.165) is 16.0 Å². The molecular weight excluding hydrogens is 428 g/mol. The van der Waals surface area contributed by atoms with Crippen molar-refractivity contribution in [3.8, 4) is 17.4 Å². The molecule has 168 valence electrons. The first-order chi connectivity index (χ1) is 16.4. The van der Waals surface area contributed by atoms with Gasteiger partial charge in [-0.05, 0) is 55.7 Å². The number of furan rings is 1. The van der Waals surface area contributed by atoms with Crippen LogP contribution in [0, 0.1) is 11.3 Å². The molecule has 3 aromatic rings. The highest BCUT2D eigenvalue weighted by molar-refractivity contribution is 6.19. The van der Waals surface area contributed by atoms with E-state index in [1.165, 1.54) is 6.92 Å². The number of benzene rings is 2. The fraction of sp³-hybridized carbons (Fsp3) is 0.143. The summed E-state index contributed by atoms with van der Waals surface area (Å²) in [5.74, 6) is -0.153. The SMILES string of the molecule is CC(=O)c1cccc(-c2ccc(/C=C3/C(=O)N(CCc4ccccc4)C(=O)C(C#N)=C3C)o2)c1. The quantitative estimate of drug-likeness (QED) is 0.300. The Labute approximate surface area is 197 Å². The van der Waals surface area contributed by atoms with Gasteiger partial charge >= 0.3 is 0 Å². The van der Waals surface area contributed by atoms with Gasteiger partial charge in [0, 0.05) is 23.2 Å². The molecule has 0 atom stereocenters. The second-order valence-corrected chi connectivity index (χ2v) is 8.01. The number of hydrogen-bond donors (Lipinski definition) is 0. The molecule has 0 radical (unpaired) electrons. The zero-order valence-corrected chi connectivity index (χ0v) is 18.9. The van der Waals surface area contributed by atoms with Crippen molar-refractivity contribution in [2.24, 2.45) is 0 Å². The van der Waals surface area contributed by atoms with Gasteiger partial charge in [0.15, 0.2) is 5.78 Å². The normalized spacial score (nSPS) is 15.1. The molecule has 34 heavy (non-hydrogen) atoms. The van der Waals surface area contributed by atoms with Crippen LogP contribution < -0.4 is 0 Å². The van der Waals surface area contributed by atoms with Gasteiger partial charge in [0.1, 0.15) is 23.2 Å².